The van der Waals surface area contributed by atoms with Crippen LogP contribution in [0.2, 0.25) is 0 Å². The molecule has 0 aliphatic carbocycles. The predicted molar refractivity (Wildman–Crippen MR) is 130 cm³/mol. The Morgan fingerprint density at radius 3 is 1.52 bits per heavy atom. The number of benzene rings is 4. The average Bonchev–Trinajstić information content (AvgIpc) is 2.87. The lowest BCUT2D eigenvalue weighted by atomic mass is 10.0. The van der Waals surface area contributed by atoms with Gasteiger partial charge in [0, 0.05) is 28.8 Å². The largest absolute Gasteiger partial charge is 0.311 e. The normalized spacial score (nSPS) is 10.6. The molecule has 4 aromatic carbocycles. The van der Waals surface area contributed by atoms with Crippen LogP contribution >= 0.6 is 0 Å². The maximum atomic E-state index is 4.55. The quantitative estimate of drug-likeness (QED) is 0.299. The lowest BCUT2D eigenvalue weighted by Crippen LogP contribution is -2.09. The molecule has 0 amide bonds. The lowest BCUT2D eigenvalue weighted by Gasteiger charge is -2.25. The number of aromatic nitrogens is 1. The van der Waals surface area contributed by atoms with Gasteiger partial charge in [0.1, 0.15) is 0 Å². The van der Waals surface area contributed by atoms with Crippen LogP contribution in [0.3, 0.4) is 0 Å². The van der Waals surface area contributed by atoms with E-state index in [4.69, 9.17) is 0 Å². The van der Waals surface area contributed by atoms with Gasteiger partial charge in [-0.2, -0.15) is 0 Å². The first-order valence-electron chi connectivity index (χ1n) is 10.4. The zero-order chi connectivity index (χ0) is 20.9. The Morgan fingerprint density at radius 1 is 0.419 bits per heavy atom. The SMILES string of the molecule is c1ccc(-c2cc(-c3ccc(N(c4ccccc4)c4ccccc4)cc3)ccn2)cc1. The van der Waals surface area contributed by atoms with Crippen molar-refractivity contribution >= 4 is 17.1 Å². The van der Waals surface area contributed by atoms with Gasteiger partial charge in [0.2, 0.25) is 0 Å². The summed E-state index contributed by atoms with van der Waals surface area (Å²) < 4.78 is 0. The van der Waals surface area contributed by atoms with Crippen molar-refractivity contribution in [2.45, 2.75) is 0 Å². The van der Waals surface area contributed by atoms with Gasteiger partial charge in [0.15, 0.2) is 0 Å². The Morgan fingerprint density at radius 2 is 0.935 bits per heavy atom. The van der Waals surface area contributed by atoms with Crippen molar-refractivity contribution in [3.05, 3.63) is 134 Å². The first-order chi connectivity index (χ1) is 15.4. The number of rotatable bonds is 5. The molecule has 0 saturated heterocycles. The number of hydrogen-bond acceptors (Lipinski definition) is 2. The van der Waals surface area contributed by atoms with E-state index in [0.29, 0.717) is 0 Å². The van der Waals surface area contributed by atoms with Crippen molar-refractivity contribution in [1.82, 2.24) is 4.98 Å². The van der Waals surface area contributed by atoms with E-state index in [1.165, 1.54) is 5.56 Å². The van der Waals surface area contributed by atoms with Gasteiger partial charge >= 0.3 is 0 Å². The molecule has 0 N–H and O–H groups in total. The molecule has 1 heterocycles. The number of nitrogens with zero attached hydrogens (tertiary/aromatic N) is 2. The van der Waals surface area contributed by atoms with Gasteiger partial charge in [-0.25, -0.2) is 0 Å². The fourth-order valence-electron chi connectivity index (χ4n) is 3.78. The van der Waals surface area contributed by atoms with E-state index in [9.17, 15) is 0 Å². The lowest BCUT2D eigenvalue weighted by molar-refractivity contribution is 1.28. The minimum Gasteiger partial charge on any atom is -0.311 e. The van der Waals surface area contributed by atoms with E-state index in [2.05, 4.69) is 107 Å². The van der Waals surface area contributed by atoms with Gasteiger partial charge in [0.05, 0.1) is 5.69 Å². The van der Waals surface area contributed by atoms with Crippen molar-refractivity contribution in [3.8, 4) is 22.4 Å². The molecule has 0 atom stereocenters. The molecule has 2 nitrogen and oxygen atoms in total. The second kappa shape index (κ2) is 8.68. The van der Waals surface area contributed by atoms with E-state index in [0.717, 1.165) is 33.9 Å². The molecule has 1 aromatic heterocycles. The standard InChI is InChI=1S/C29H22N2/c1-4-10-24(11-5-1)29-22-25(20-21-30-29)23-16-18-28(19-17-23)31(26-12-6-2-7-13-26)27-14-8-3-9-15-27/h1-22H. The number of para-hydroxylation sites is 2. The Balaban J connectivity index is 1.51. The molecule has 0 aliphatic rings. The first-order valence-corrected chi connectivity index (χ1v) is 10.4. The van der Waals surface area contributed by atoms with Crippen molar-refractivity contribution in [2.24, 2.45) is 0 Å². The summed E-state index contributed by atoms with van der Waals surface area (Å²) >= 11 is 0. The van der Waals surface area contributed by atoms with Gasteiger partial charge in [-0.05, 0) is 59.7 Å². The minimum absolute atomic E-state index is 0.984. The van der Waals surface area contributed by atoms with Crippen LogP contribution in [-0.4, -0.2) is 4.98 Å². The summed E-state index contributed by atoms with van der Waals surface area (Å²) in [5, 5.41) is 0. The van der Waals surface area contributed by atoms with Crippen LogP contribution < -0.4 is 4.90 Å². The summed E-state index contributed by atoms with van der Waals surface area (Å²) in [6, 6.07) is 44.1. The van der Waals surface area contributed by atoms with E-state index in [-0.39, 0.29) is 0 Å². The molecule has 0 aliphatic heterocycles. The van der Waals surface area contributed by atoms with Gasteiger partial charge in [-0.15, -0.1) is 0 Å². The van der Waals surface area contributed by atoms with Gasteiger partial charge in [-0.3, -0.25) is 4.98 Å². The first kappa shape index (κ1) is 18.8. The Bertz CT molecular complexity index is 1210. The molecule has 0 saturated carbocycles. The van der Waals surface area contributed by atoms with E-state index in [1.807, 2.05) is 36.5 Å². The van der Waals surface area contributed by atoms with Crippen LogP contribution in [0.25, 0.3) is 22.4 Å². The molecule has 148 valence electrons. The smallest absolute Gasteiger partial charge is 0.0708 e. The highest BCUT2D eigenvalue weighted by Crippen LogP contribution is 2.35. The molecule has 0 unspecified atom stereocenters. The van der Waals surface area contributed by atoms with Gasteiger partial charge in [-0.1, -0.05) is 78.9 Å². The van der Waals surface area contributed by atoms with E-state index in [1.54, 1.807) is 0 Å². The maximum absolute atomic E-state index is 4.55. The third-order valence-electron chi connectivity index (χ3n) is 5.32. The van der Waals surface area contributed by atoms with Crippen LogP contribution in [0.1, 0.15) is 0 Å². The fraction of sp³-hybridized carbons (Fsp3) is 0. The van der Waals surface area contributed by atoms with Crippen molar-refractivity contribution < 1.29 is 0 Å². The Labute approximate surface area is 183 Å². The zero-order valence-corrected chi connectivity index (χ0v) is 17.1. The molecule has 0 radical (unpaired) electrons. The average molecular weight is 399 g/mol. The molecular formula is C29H22N2. The summed E-state index contributed by atoms with van der Waals surface area (Å²) in [6.45, 7) is 0. The van der Waals surface area contributed by atoms with Crippen molar-refractivity contribution in [2.75, 3.05) is 4.90 Å². The summed E-state index contributed by atoms with van der Waals surface area (Å²) in [5.41, 5.74) is 7.83. The van der Waals surface area contributed by atoms with Crippen LogP contribution in [0.5, 0.6) is 0 Å². The van der Waals surface area contributed by atoms with Gasteiger partial charge in [0.25, 0.3) is 0 Å². The third kappa shape index (κ3) is 4.10. The topological polar surface area (TPSA) is 16.1 Å². The highest BCUT2D eigenvalue weighted by Gasteiger charge is 2.12. The molecule has 5 rings (SSSR count). The Hall–Kier alpha value is -4.17. The summed E-state index contributed by atoms with van der Waals surface area (Å²) in [7, 11) is 0. The molecular weight excluding hydrogens is 376 g/mol. The van der Waals surface area contributed by atoms with Gasteiger partial charge < -0.3 is 4.90 Å². The number of hydrogen-bond donors (Lipinski definition) is 0. The highest BCUT2D eigenvalue weighted by molar-refractivity contribution is 5.78. The second-order valence-corrected chi connectivity index (χ2v) is 7.35. The maximum Gasteiger partial charge on any atom is 0.0708 e. The molecule has 0 bridgehead atoms. The van der Waals surface area contributed by atoms with Crippen LogP contribution in [-0.2, 0) is 0 Å². The zero-order valence-electron chi connectivity index (χ0n) is 17.1. The molecule has 0 fully saturated rings. The monoisotopic (exact) mass is 398 g/mol. The molecule has 31 heavy (non-hydrogen) atoms. The fourth-order valence-corrected chi connectivity index (χ4v) is 3.78. The van der Waals surface area contributed by atoms with Crippen LogP contribution in [0.15, 0.2) is 134 Å². The summed E-state index contributed by atoms with van der Waals surface area (Å²) in [5.74, 6) is 0. The second-order valence-electron chi connectivity index (χ2n) is 7.35. The minimum atomic E-state index is 0.984. The van der Waals surface area contributed by atoms with Crippen molar-refractivity contribution in [3.63, 3.8) is 0 Å². The number of pyridine rings is 1. The van der Waals surface area contributed by atoms with Crippen LogP contribution in [0, 0.1) is 0 Å². The van der Waals surface area contributed by atoms with E-state index < -0.39 is 0 Å². The van der Waals surface area contributed by atoms with Crippen LogP contribution in [0.4, 0.5) is 17.1 Å². The predicted octanol–water partition coefficient (Wildman–Crippen LogP) is 7.89. The highest BCUT2D eigenvalue weighted by atomic mass is 15.1. The molecule has 0 spiro atoms. The number of anilines is 3. The summed E-state index contributed by atoms with van der Waals surface area (Å²) in [6.07, 6.45) is 1.88. The Kier molecular flexibility index (Phi) is 5.27. The van der Waals surface area contributed by atoms with E-state index >= 15 is 0 Å². The summed E-state index contributed by atoms with van der Waals surface area (Å²) in [4.78, 5) is 6.82. The molecule has 5 aromatic rings. The molecule has 2 heteroatoms. The van der Waals surface area contributed by atoms with Crippen molar-refractivity contribution in [1.29, 1.82) is 0 Å². The third-order valence-corrected chi connectivity index (χ3v) is 5.32.